The van der Waals surface area contributed by atoms with E-state index in [-0.39, 0.29) is 29.7 Å². The van der Waals surface area contributed by atoms with E-state index in [2.05, 4.69) is 4.90 Å². The highest BCUT2D eigenvalue weighted by Crippen LogP contribution is 2.31. The number of morpholine rings is 1. The summed E-state index contributed by atoms with van der Waals surface area (Å²) in [5.41, 5.74) is 0.776. The van der Waals surface area contributed by atoms with Crippen molar-refractivity contribution in [3.8, 4) is 0 Å². The lowest BCUT2D eigenvalue weighted by molar-refractivity contribution is -0.129. The highest BCUT2D eigenvalue weighted by molar-refractivity contribution is 5.89. The van der Waals surface area contributed by atoms with Crippen molar-refractivity contribution in [3.63, 3.8) is 0 Å². The first-order valence-corrected chi connectivity index (χ1v) is 9.46. The summed E-state index contributed by atoms with van der Waals surface area (Å²) in [7, 11) is 0. The SMILES string of the molecule is CC(=O)N1CCc2c(cn([C@@H]3C[C@H]4CO[C@H](C)CN4C3)c(=O)c2C(=O)O)C1. The molecule has 8 heteroatoms. The molecule has 3 aliphatic rings. The largest absolute Gasteiger partial charge is 0.477 e. The van der Waals surface area contributed by atoms with Gasteiger partial charge in [0.2, 0.25) is 5.91 Å². The molecule has 2 saturated heterocycles. The Balaban J connectivity index is 1.72. The Bertz CT molecular complexity index is 848. The van der Waals surface area contributed by atoms with Crippen LogP contribution in [0.4, 0.5) is 0 Å². The van der Waals surface area contributed by atoms with Crippen LogP contribution in [0.25, 0.3) is 0 Å². The predicted octanol–water partition coefficient (Wildman–Crippen LogP) is 0.485. The van der Waals surface area contributed by atoms with Gasteiger partial charge in [0.15, 0.2) is 0 Å². The van der Waals surface area contributed by atoms with Crippen molar-refractivity contribution in [1.82, 2.24) is 14.4 Å². The van der Waals surface area contributed by atoms with Crippen LogP contribution in [-0.4, -0.2) is 69.7 Å². The zero-order chi connectivity index (χ0) is 19.3. The summed E-state index contributed by atoms with van der Waals surface area (Å²) in [5, 5.41) is 9.68. The summed E-state index contributed by atoms with van der Waals surface area (Å²) in [5.74, 6) is -1.23. The summed E-state index contributed by atoms with van der Waals surface area (Å²) in [6.45, 7) is 6.52. The number of hydrogen-bond donors (Lipinski definition) is 1. The third kappa shape index (κ3) is 3.17. The van der Waals surface area contributed by atoms with Gasteiger partial charge < -0.3 is 19.3 Å². The Hall–Kier alpha value is -2.19. The number of amides is 1. The number of carbonyl (C=O) groups excluding carboxylic acids is 1. The summed E-state index contributed by atoms with van der Waals surface area (Å²) in [4.78, 5) is 40.6. The molecule has 1 aromatic rings. The minimum atomic E-state index is -1.19. The fraction of sp³-hybridized carbons (Fsp3) is 0.632. The van der Waals surface area contributed by atoms with Gasteiger partial charge in [-0.25, -0.2) is 4.79 Å². The average Bonchev–Trinajstić information content (AvgIpc) is 3.03. The summed E-state index contributed by atoms with van der Waals surface area (Å²) in [6.07, 6.45) is 3.12. The van der Waals surface area contributed by atoms with Crippen molar-refractivity contribution < 1.29 is 19.4 Å². The first-order valence-electron chi connectivity index (χ1n) is 9.46. The molecule has 3 atom stereocenters. The number of aromatic nitrogens is 1. The standard InChI is InChI=1S/C19H25N3O5/c1-11-6-21-9-14(5-15(21)10-27-11)22-8-13-7-20(12(2)23)4-3-16(13)17(18(22)24)19(25)26/h8,11,14-15H,3-7,9-10H2,1-2H3,(H,25,26)/t11-,14-,15+/m1/s1. The number of carbonyl (C=O) groups is 2. The molecule has 0 bridgehead atoms. The highest BCUT2D eigenvalue weighted by atomic mass is 16.5. The van der Waals surface area contributed by atoms with Crippen molar-refractivity contribution in [3.05, 3.63) is 33.2 Å². The molecule has 27 heavy (non-hydrogen) atoms. The molecule has 146 valence electrons. The van der Waals surface area contributed by atoms with Gasteiger partial charge in [-0.1, -0.05) is 0 Å². The smallest absolute Gasteiger partial charge is 0.341 e. The number of nitrogens with zero attached hydrogens (tertiary/aromatic N) is 3. The number of fused-ring (bicyclic) bond motifs is 2. The molecule has 2 fully saturated rings. The molecule has 8 nitrogen and oxygen atoms in total. The molecular formula is C19H25N3O5. The lowest BCUT2D eigenvalue weighted by atomic mass is 9.96. The maximum Gasteiger partial charge on any atom is 0.341 e. The highest BCUT2D eigenvalue weighted by Gasteiger charge is 2.38. The molecule has 0 unspecified atom stereocenters. The molecule has 4 rings (SSSR count). The van der Waals surface area contributed by atoms with Crippen LogP contribution >= 0.6 is 0 Å². The Labute approximate surface area is 157 Å². The van der Waals surface area contributed by atoms with Gasteiger partial charge >= 0.3 is 5.97 Å². The molecular weight excluding hydrogens is 350 g/mol. The van der Waals surface area contributed by atoms with Crippen molar-refractivity contribution in [2.75, 3.05) is 26.2 Å². The second kappa shape index (κ2) is 6.76. The van der Waals surface area contributed by atoms with E-state index in [1.807, 2.05) is 6.92 Å². The third-order valence-electron chi connectivity index (χ3n) is 6.05. The van der Waals surface area contributed by atoms with Gasteiger partial charge in [0.25, 0.3) is 5.56 Å². The molecule has 0 aliphatic carbocycles. The molecule has 0 radical (unpaired) electrons. The van der Waals surface area contributed by atoms with Crippen molar-refractivity contribution >= 4 is 11.9 Å². The van der Waals surface area contributed by atoms with Crippen LogP contribution in [-0.2, 0) is 22.5 Å². The first-order chi connectivity index (χ1) is 12.8. The van der Waals surface area contributed by atoms with Crippen molar-refractivity contribution in [2.24, 2.45) is 0 Å². The predicted molar refractivity (Wildman–Crippen MR) is 96.9 cm³/mol. The Morgan fingerprint density at radius 3 is 2.74 bits per heavy atom. The Morgan fingerprint density at radius 1 is 1.26 bits per heavy atom. The maximum atomic E-state index is 13.0. The van der Waals surface area contributed by atoms with Crippen LogP contribution in [0.3, 0.4) is 0 Å². The fourth-order valence-corrected chi connectivity index (χ4v) is 4.65. The fourth-order valence-electron chi connectivity index (χ4n) is 4.65. The van der Waals surface area contributed by atoms with Crippen LogP contribution in [0.15, 0.2) is 11.0 Å². The quantitative estimate of drug-likeness (QED) is 0.809. The molecule has 1 N–H and O–H groups in total. The van der Waals surface area contributed by atoms with E-state index in [1.54, 1.807) is 15.7 Å². The van der Waals surface area contributed by atoms with Crippen molar-refractivity contribution in [2.45, 2.75) is 51.4 Å². The number of pyridine rings is 1. The zero-order valence-corrected chi connectivity index (χ0v) is 15.7. The van der Waals surface area contributed by atoms with Gasteiger partial charge in [0.05, 0.1) is 18.8 Å². The number of rotatable bonds is 2. The minimum Gasteiger partial charge on any atom is -0.477 e. The average molecular weight is 375 g/mol. The van der Waals surface area contributed by atoms with Gasteiger partial charge in [-0.15, -0.1) is 0 Å². The number of carboxylic acid groups (broad SMARTS) is 1. The lowest BCUT2D eigenvalue weighted by Gasteiger charge is -2.33. The van der Waals surface area contributed by atoms with Gasteiger partial charge in [0, 0.05) is 45.3 Å². The van der Waals surface area contributed by atoms with Gasteiger partial charge in [-0.3, -0.25) is 14.5 Å². The molecule has 0 saturated carbocycles. The molecule has 0 spiro atoms. The second-order valence-electron chi connectivity index (χ2n) is 7.86. The molecule has 1 amide bonds. The van der Waals surface area contributed by atoms with E-state index in [0.29, 0.717) is 38.2 Å². The van der Waals surface area contributed by atoms with Crippen LogP contribution in [0.1, 0.15) is 47.8 Å². The normalized spacial score (nSPS) is 27.9. The summed E-state index contributed by atoms with van der Waals surface area (Å²) < 4.78 is 7.32. The number of carboxylic acids is 1. The minimum absolute atomic E-state index is 0.0422. The second-order valence-corrected chi connectivity index (χ2v) is 7.86. The van der Waals surface area contributed by atoms with E-state index in [4.69, 9.17) is 4.74 Å². The van der Waals surface area contributed by atoms with Crippen LogP contribution in [0.2, 0.25) is 0 Å². The topological polar surface area (TPSA) is 92.1 Å². The first kappa shape index (κ1) is 18.2. The van der Waals surface area contributed by atoms with E-state index in [9.17, 15) is 19.5 Å². The van der Waals surface area contributed by atoms with Crippen molar-refractivity contribution in [1.29, 1.82) is 0 Å². The molecule has 1 aromatic heterocycles. The van der Waals surface area contributed by atoms with Crippen LogP contribution in [0, 0.1) is 0 Å². The lowest BCUT2D eigenvalue weighted by Crippen LogP contribution is -2.45. The zero-order valence-electron chi connectivity index (χ0n) is 15.7. The van der Waals surface area contributed by atoms with E-state index >= 15 is 0 Å². The summed E-state index contributed by atoms with van der Waals surface area (Å²) in [6, 6.07) is 0.184. The van der Waals surface area contributed by atoms with Crippen LogP contribution < -0.4 is 5.56 Å². The van der Waals surface area contributed by atoms with Crippen LogP contribution in [0.5, 0.6) is 0 Å². The monoisotopic (exact) mass is 375 g/mol. The van der Waals surface area contributed by atoms with E-state index in [0.717, 1.165) is 18.5 Å². The van der Waals surface area contributed by atoms with Gasteiger partial charge in [-0.05, 0) is 30.9 Å². The van der Waals surface area contributed by atoms with E-state index in [1.165, 1.54) is 6.92 Å². The molecule has 4 heterocycles. The number of hydrogen-bond acceptors (Lipinski definition) is 5. The molecule has 3 aliphatic heterocycles. The molecule has 0 aromatic carbocycles. The Morgan fingerprint density at radius 2 is 2.04 bits per heavy atom. The van der Waals surface area contributed by atoms with Gasteiger partial charge in [0.1, 0.15) is 5.56 Å². The van der Waals surface area contributed by atoms with E-state index < -0.39 is 11.5 Å². The Kier molecular flexibility index (Phi) is 4.55. The van der Waals surface area contributed by atoms with Gasteiger partial charge in [-0.2, -0.15) is 0 Å². The number of ether oxygens (including phenoxy) is 1. The third-order valence-corrected chi connectivity index (χ3v) is 6.05. The maximum absolute atomic E-state index is 13.0. The summed E-state index contributed by atoms with van der Waals surface area (Å²) >= 11 is 0. The number of aromatic carboxylic acids is 1.